The molecule has 3 amide bonds. The van der Waals surface area contributed by atoms with Gasteiger partial charge in [-0.1, -0.05) is 98.1 Å². The lowest BCUT2D eigenvalue weighted by Gasteiger charge is -2.17. The molecular weight excluding hydrogens is 1180 g/mol. The van der Waals surface area contributed by atoms with E-state index in [1.165, 1.54) is 5.56 Å². The molecule has 7 aromatic rings. The quantitative estimate of drug-likeness (QED) is 0.0658. The van der Waals surface area contributed by atoms with Crippen LogP contribution in [-0.2, 0) is 27.4 Å². The number of fused-ring (bicyclic) bond motifs is 5. The van der Waals surface area contributed by atoms with Crippen LogP contribution in [0, 0.1) is 0 Å². The summed E-state index contributed by atoms with van der Waals surface area (Å²) in [5.74, 6) is 7.21. The maximum atomic E-state index is 12.2. The van der Waals surface area contributed by atoms with Crippen molar-refractivity contribution >= 4 is 88.5 Å². The number of amides is 3. The number of para-hydroxylation sites is 1. The number of aliphatic hydroxyl groups is 1. The third kappa shape index (κ3) is 17.8. The van der Waals surface area contributed by atoms with Gasteiger partial charge in [-0.15, -0.1) is 0 Å². The summed E-state index contributed by atoms with van der Waals surface area (Å²) >= 11 is 9.62. The van der Waals surface area contributed by atoms with E-state index in [1.54, 1.807) is 54.6 Å². The van der Waals surface area contributed by atoms with Gasteiger partial charge in [-0.2, -0.15) is 0 Å². The summed E-state index contributed by atoms with van der Waals surface area (Å²) in [6.07, 6.45) is 8.07. The Balaban J connectivity index is 0.000000129. The number of hydrogen-bond acceptors (Lipinski definition) is 20. The van der Waals surface area contributed by atoms with Crippen molar-refractivity contribution in [2.45, 2.75) is 39.2 Å². The Labute approximate surface area is 522 Å². The zero-order valence-electron chi connectivity index (χ0n) is 48.1. The van der Waals surface area contributed by atoms with Crippen LogP contribution >= 0.6 is 24.4 Å². The summed E-state index contributed by atoms with van der Waals surface area (Å²) in [4.78, 5) is 62.1. The number of benzene rings is 7. The zero-order chi connectivity index (χ0) is 62.5. The van der Waals surface area contributed by atoms with Crippen molar-refractivity contribution in [1.29, 1.82) is 0 Å². The average molecular weight is 1240 g/mol. The van der Waals surface area contributed by atoms with E-state index < -0.39 is 0 Å². The molecule has 21 nitrogen and oxygen atoms in total. The highest BCUT2D eigenvalue weighted by Gasteiger charge is 2.25. The molecule has 0 bridgehead atoms. The third-order valence-corrected chi connectivity index (χ3v) is 13.8. The molecule has 23 heteroatoms. The molecule has 89 heavy (non-hydrogen) atoms. The number of aliphatic imine (C=N–C) groups is 1. The first-order valence-corrected chi connectivity index (χ1v) is 28.5. The number of carbonyl (C=O) groups is 5. The number of aryl methyl sites for hydroxylation is 1. The molecule has 0 radical (unpaired) electrons. The molecule has 8 heterocycles. The average Bonchev–Trinajstić information content (AvgIpc) is 2.90. The first-order valence-electron chi connectivity index (χ1n) is 27.6. The molecule has 456 valence electrons. The second-order valence-corrected chi connectivity index (χ2v) is 20.4. The number of hydrogen-bond donors (Lipinski definition) is 4. The van der Waals surface area contributed by atoms with Gasteiger partial charge in [0.2, 0.25) is 45.8 Å². The Morgan fingerprint density at radius 1 is 0.483 bits per heavy atom. The minimum Gasteiger partial charge on any atom is -0.454 e. The predicted octanol–water partition coefficient (Wildman–Crippen LogP) is 9.86. The summed E-state index contributed by atoms with van der Waals surface area (Å²) in [5.41, 5.74) is 7.17. The van der Waals surface area contributed by atoms with Gasteiger partial charge in [-0.3, -0.25) is 29.3 Å². The molecule has 2 fully saturated rings. The zero-order valence-corrected chi connectivity index (χ0v) is 49.7. The number of aliphatic hydroxyl groups excluding tert-OH is 1. The number of carbonyl (C=O) groups excluding carboxylic acids is 5. The van der Waals surface area contributed by atoms with Gasteiger partial charge in [0.15, 0.2) is 57.5 Å². The Morgan fingerprint density at radius 3 is 1.33 bits per heavy atom. The number of nitrogens with one attached hydrogen (secondary N) is 3. The topological polar surface area (TPSA) is 250 Å². The highest BCUT2D eigenvalue weighted by atomic mass is 32.1. The van der Waals surface area contributed by atoms with Crippen molar-refractivity contribution in [2.75, 3.05) is 45.9 Å². The number of aldehydes is 2. The fourth-order valence-electron chi connectivity index (χ4n) is 8.61. The molecule has 2 saturated heterocycles. The fourth-order valence-corrected chi connectivity index (χ4v) is 9.07. The van der Waals surface area contributed by atoms with Crippen molar-refractivity contribution < 1.29 is 76.4 Å². The Morgan fingerprint density at radius 2 is 0.921 bits per heavy atom. The van der Waals surface area contributed by atoms with Crippen LogP contribution < -0.4 is 68.2 Å². The number of anilines is 1. The van der Waals surface area contributed by atoms with Crippen molar-refractivity contribution in [2.24, 2.45) is 4.99 Å². The van der Waals surface area contributed by atoms with Crippen LogP contribution in [0.4, 0.5) is 5.69 Å². The van der Waals surface area contributed by atoms with Gasteiger partial charge in [0.05, 0.1) is 16.6 Å². The second kappa shape index (κ2) is 31.2. The molecule has 8 aliphatic heterocycles. The van der Waals surface area contributed by atoms with Gasteiger partial charge in [-0.25, -0.2) is 4.99 Å². The maximum absolute atomic E-state index is 12.2. The molecule has 4 N–H and O–H groups in total. The lowest BCUT2D eigenvalue weighted by atomic mass is 10.1. The highest BCUT2D eigenvalue weighted by Crippen LogP contribution is 2.36. The molecule has 0 atom stereocenters. The lowest BCUT2D eigenvalue weighted by molar-refractivity contribution is -0.118. The van der Waals surface area contributed by atoms with Crippen LogP contribution in [0.2, 0.25) is 0 Å². The number of guanidine groups is 1. The Hall–Kier alpha value is -10.6. The van der Waals surface area contributed by atoms with Gasteiger partial charge in [0, 0.05) is 48.7 Å². The number of nitrogens with zero attached hydrogens (tertiary/aromatic N) is 2. The fraction of sp³-hybridized carbons (Fsp3) is 0.182. The molecule has 0 aromatic heterocycles. The molecule has 15 rings (SSSR count). The van der Waals surface area contributed by atoms with Gasteiger partial charge < -0.3 is 68.0 Å². The van der Waals surface area contributed by atoms with Crippen molar-refractivity contribution in [3.63, 3.8) is 0 Å². The van der Waals surface area contributed by atoms with E-state index in [0.29, 0.717) is 91.4 Å². The Bertz CT molecular complexity index is 3770. The summed E-state index contributed by atoms with van der Waals surface area (Å²) < 4.78 is 51.6. The first kappa shape index (κ1) is 62.9. The van der Waals surface area contributed by atoms with Gasteiger partial charge in [-0.05, 0) is 126 Å². The summed E-state index contributed by atoms with van der Waals surface area (Å²) in [7, 11) is 1.86. The summed E-state index contributed by atoms with van der Waals surface area (Å²) in [6, 6.07) is 46.8. The van der Waals surface area contributed by atoms with Crippen molar-refractivity contribution in [3.8, 4) is 57.5 Å². The minimum atomic E-state index is -0.231. The van der Waals surface area contributed by atoms with Crippen molar-refractivity contribution in [1.82, 2.24) is 16.0 Å². The lowest BCUT2D eigenvalue weighted by Crippen LogP contribution is -2.37. The smallest absolute Gasteiger partial charge is 0.276 e. The second-order valence-electron chi connectivity index (χ2n) is 19.4. The maximum Gasteiger partial charge on any atom is 0.276 e. The summed E-state index contributed by atoms with van der Waals surface area (Å²) in [5, 5.41) is 16.7. The van der Waals surface area contributed by atoms with Gasteiger partial charge in [0.1, 0.15) is 18.3 Å². The number of rotatable bonds is 7. The molecular formula is C66H59N5O16S2. The SMILES string of the molecule is CCc1ccccc1.CN(C1=N/C(=C\c2ccc3c(c2)OCO3)C(=O)N1)c1ccccc1.O=C1CCC(=S)N1.O=C1NC(=S)C/C1=C\c1ccc2c(c1)OCO2.O=Cc1ccc2c(c1)OCO2.O=Cc1ccc2c(c1)OCO2.OCc1ccc2c(c1)OCO2. The van der Waals surface area contributed by atoms with Crippen LogP contribution in [0.1, 0.15) is 69.2 Å². The Kier molecular flexibility index (Phi) is 22.0. The van der Waals surface area contributed by atoms with E-state index in [1.807, 2.05) is 96.9 Å². The molecule has 0 aliphatic carbocycles. The van der Waals surface area contributed by atoms with E-state index >= 15 is 0 Å². The molecule has 0 saturated carbocycles. The molecule has 8 aliphatic rings. The van der Waals surface area contributed by atoms with Crippen LogP contribution in [0.15, 0.2) is 168 Å². The predicted molar refractivity (Wildman–Crippen MR) is 337 cm³/mol. The highest BCUT2D eigenvalue weighted by molar-refractivity contribution is 7.80. The summed E-state index contributed by atoms with van der Waals surface area (Å²) in [6.45, 7) is 3.45. The van der Waals surface area contributed by atoms with Crippen LogP contribution in [0.25, 0.3) is 12.2 Å². The monoisotopic (exact) mass is 1240 g/mol. The molecule has 7 aromatic carbocycles. The minimum absolute atomic E-state index is 0.0383. The van der Waals surface area contributed by atoms with E-state index in [-0.39, 0.29) is 58.3 Å². The normalized spacial score (nSPS) is 15.7. The van der Waals surface area contributed by atoms with E-state index in [2.05, 4.69) is 64.3 Å². The largest absolute Gasteiger partial charge is 0.454 e. The van der Waals surface area contributed by atoms with Gasteiger partial charge in [0.25, 0.3) is 11.8 Å². The first-order chi connectivity index (χ1) is 43.3. The molecule has 0 spiro atoms. The van der Waals surface area contributed by atoms with E-state index in [4.69, 9.17) is 64.7 Å². The van der Waals surface area contributed by atoms with Crippen LogP contribution in [0.5, 0.6) is 57.5 Å². The molecule has 0 unspecified atom stereocenters. The van der Waals surface area contributed by atoms with Crippen LogP contribution in [0.3, 0.4) is 0 Å². The standard InChI is InChI=1S/C18H15N3O3.C12H9NO3S.C8H8O3.2C8H6O3.C8H10.C4H5NOS/c1-21(13-5-3-2-4-6-13)18-19-14(17(22)20-18)9-12-7-8-15-16(10-12)24-11-23-15;14-12-8(5-11(17)13-12)3-7-1-2-9-10(4-7)16-6-15-9;3*9-4-6-1-2-7-8(3-6)11-5-10-7;1-2-8-6-4-3-5-7-8;6-3-1-2-4(7)5-3/h2-10H,11H2,1H3,(H,19,20,22);1-4H,5-6H2,(H,13,14,17);1-3,9H,4-5H2;2*1-4H,5H2;3-7H,2H2,1H3;1-2H2,(H,5,6,7)/b14-9-;8-3+;;;;;. The van der Waals surface area contributed by atoms with Crippen molar-refractivity contribution in [3.05, 3.63) is 196 Å². The van der Waals surface area contributed by atoms with Crippen LogP contribution in [-0.4, -0.2) is 92.3 Å². The van der Waals surface area contributed by atoms with E-state index in [0.717, 1.165) is 65.0 Å². The number of thiocarbonyl (C=S) groups is 2. The van der Waals surface area contributed by atoms with E-state index in [9.17, 15) is 24.0 Å². The van der Waals surface area contributed by atoms with Gasteiger partial charge >= 0.3 is 0 Å². The number of ether oxygens (including phenoxy) is 10. The third-order valence-electron chi connectivity index (χ3n) is 13.3.